The van der Waals surface area contributed by atoms with Crippen molar-refractivity contribution in [1.29, 1.82) is 0 Å². The van der Waals surface area contributed by atoms with Gasteiger partial charge in [-0.15, -0.1) is 11.3 Å². The van der Waals surface area contributed by atoms with Crippen molar-refractivity contribution in [3.63, 3.8) is 0 Å². The summed E-state index contributed by atoms with van der Waals surface area (Å²) in [5, 5.41) is 0. The van der Waals surface area contributed by atoms with Gasteiger partial charge in [0.15, 0.2) is 0 Å². The van der Waals surface area contributed by atoms with E-state index in [4.69, 9.17) is 5.73 Å². The van der Waals surface area contributed by atoms with Crippen LogP contribution in [0.4, 0.5) is 0 Å². The van der Waals surface area contributed by atoms with Gasteiger partial charge in [0.2, 0.25) is 0 Å². The van der Waals surface area contributed by atoms with Gasteiger partial charge < -0.3 is 5.73 Å². The van der Waals surface area contributed by atoms with Gasteiger partial charge in [0, 0.05) is 5.54 Å². The Hall–Kier alpha value is 0.0700. The molecule has 56 valence electrons. The van der Waals surface area contributed by atoms with Crippen molar-refractivity contribution >= 4 is 27.3 Å². The summed E-state index contributed by atoms with van der Waals surface area (Å²) in [7, 11) is 0. The van der Waals surface area contributed by atoms with E-state index >= 15 is 0 Å². The maximum Gasteiger partial charge on any atom is 0.122 e. The minimum absolute atomic E-state index is 0.278. The highest BCUT2D eigenvalue weighted by atomic mass is 79.9. The average Bonchev–Trinajstić information content (AvgIpc) is 2.11. The molecule has 0 saturated carbocycles. The van der Waals surface area contributed by atoms with Crippen molar-refractivity contribution < 1.29 is 0 Å². The molecule has 0 saturated heterocycles. The molecule has 0 bridgehead atoms. The minimum atomic E-state index is -0.278. The van der Waals surface area contributed by atoms with Crippen LogP contribution in [0.25, 0.3) is 0 Å². The summed E-state index contributed by atoms with van der Waals surface area (Å²) in [6.07, 6.45) is 0. The smallest absolute Gasteiger partial charge is 0.122 e. The summed E-state index contributed by atoms with van der Waals surface area (Å²) in [5.74, 6) is 0. The van der Waals surface area contributed by atoms with E-state index in [1.165, 1.54) is 0 Å². The van der Waals surface area contributed by atoms with E-state index in [0.29, 0.717) is 0 Å². The van der Waals surface area contributed by atoms with Crippen LogP contribution < -0.4 is 5.73 Å². The molecule has 4 heteroatoms. The van der Waals surface area contributed by atoms with Gasteiger partial charge in [-0.3, -0.25) is 0 Å². The van der Waals surface area contributed by atoms with Crippen molar-refractivity contribution in [2.75, 3.05) is 0 Å². The number of hydrogen-bond acceptors (Lipinski definition) is 3. The zero-order chi connectivity index (χ0) is 7.78. The van der Waals surface area contributed by atoms with Crippen LogP contribution in [0.2, 0.25) is 0 Å². The van der Waals surface area contributed by atoms with Crippen LogP contribution >= 0.6 is 27.3 Å². The van der Waals surface area contributed by atoms with Crippen LogP contribution in [-0.2, 0) is 5.54 Å². The topological polar surface area (TPSA) is 38.9 Å². The van der Waals surface area contributed by atoms with Gasteiger partial charge in [-0.05, 0) is 29.8 Å². The van der Waals surface area contributed by atoms with Crippen LogP contribution in [-0.4, -0.2) is 4.98 Å². The van der Waals surface area contributed by atoms with E-state index in [1.807, 2.05) is 13.8 Å². The number of aromatic nitrogens is 1. The molecule has 1 rings (SSSR count). The van der Waals surface area contributed by atoms with Gasteiger partial charge in [-0.25, -0.2) is 4.98 Å². The number of rotatable bonds is 1. The van der Waals surface area contributed by atoms with Crippen LogP contribution in [0, 0.1) is 0 Å². The summed E-state index contributed by atoms with van der Waals surface area (Å²) >= 11 is 4.89. The zero-order valence-electron chi connectivity index (χ0n) is 5.89. The summed E-state index contributed by atoms with van der Waals surface area (Å²) in [6, 6.07) is 0. The van der Waals surface area contributed by atoms with Crippen molar-refractivity contribution in [3.05, 3.63) is 15.0 Å². The third kappa shape index (κ3) is 1.56. The van der Waals surface area contributed by atoms with Gasteiger partial charge in [0.05, 0.1) is 10.4 Å². The average molecular weight is 221 g/mol. The summed E-state index contributed by atoms with van der Waals surface area (Å²) < 4.78 is 0.866. The summed E-state index contributed by atoms with van der Waals surface area (Å²) in [4.78, 5) is 5.13. The third-order valence-corrected chi connectivity index (χ3v) is 3.14. The number of halogens is 1. The second kappa shape index (κ2) is 2.60. The summed E-state index contributed by atoms with van der Waals surface area (Å²) in [5.41, 5.74) is 7.35. The van der Waals surface area contributed by atoms with Crippen molar-refractivity contribution in [3.8, 4) is 0 Å². The first-order valence-corrected chi connectivity index (χ1v) is 4.57. The fourth-order valence-electron chi connectivity index (χ4n) is 0.650. The third-order valence-electron chi connectivity index (χ3n) is 1.11. The fourth-order valence-corrected chi connectivity index (χ4v) is 2.40. The lowest BCUT2D eigenvalue weighted by atomic mass is 10.1. The molecule has 1 aromatic rings. The van der Waals surface area contributed by atoms with Crippen LogP contribution in [0.1, 0.15) is 18.7 Å². The predicted octanol–water partition coefficient (Wildman–Crippen LogP) is 2.10. The monoisotopic (exact) mass is 220 g/mol. The Morgan fingerprint density at radius 2 is 2.30 bits per heavy atom. The molecule has 0 spiro atoms. The fraction of sp³-hybridized carbons (Fsp3) is 0.500. The molecule has 0 fully saturated rings. The molecule has 0 amide bonds. The lowest BCUT2D eigenvalue weighted by molar-refractivity contribution is 0.563. The van der Waals surface area contributed by atoms with Crippen LogP contribution in [0.15, 0.2) is 10.1 Å². The Kier molecular flexibility index (Phi) is 2.12. The molecule has 1 aromatic heterocycles. The zero-order valence-corrected chi connectivity index (χ0v) is 8.29. The van der Waals surface area contributed by atoms with E-state index in [-0.39, 0.29) is 5.54 Å². The number of hydrogen-bond donors (Lipinski definition) is 1. The maximum absolute atomic E-state index is 5.84. The van der Waals surface area contributed by atoms with Gasteiger partial charge in [0.25, 0.3) is 0 Å². The normalized spacial score (nSPS) is 12.0. The van der Waals surface area contributed by atoms with Crippen LogP contribution in [0.3, 0.4) is 0 Å². The molecule has 0 atom stereocenters. The summed E-state index contributed by atoms with van der Waals surface area (Å²) in [6.45, 7) is 3.93. The molecular weight excluding hydrogens is 212 g/mol. The molecule has 0 aliphatic rings. The Bertz CT molecular complexity index is 226. The lowest BCUT2D eigenvalue weighted by Gasteiger charge is -2.15. The van der Waals surface area contributed by atoms with E-state index in [2.05, 4.69) is 20.9 Å². The van der Waals surface area contributed by atoms with E-state index < -0.39 is 0 Å². The predicted molar refractivity (Wildman–Crippen MR) is 47.0 cm³/mol. The molecule has 10 heavy (non-hydrogen) atoms. The van der Waals surface area contributed by atoms with Crippen molar-refractivity contribution in [2.24, 2.45) is 5.73 Å². The molecular formula is C6H9BrN2S. The van der Waals surface area contributed by atoms with Gasteiger partial charge in [-0.2, -0.15) is 0 Å². The van der Waals surface area contributed by atoms with Gasteiger partial charge >= 0.3 is 0 Å². The van der Waals surface area contributed by atoms with Crippen molar-refractivity contribution in [2.45, 2.75) is 19.4 Å². The minimum Gasteiger partial charge on any atom is -0.321 e. The second-order valence-electron chi connectivity index (χ2n) is 2.69. The highest BCUT2D eigenvalue weighted by molar-refractivity contribution is 9.10. The van der Waals surface area contributed by atoms with Crippen molar-refractivity contribution in [1.82, 2.24) is 4.98 Å². The molecule has 1 heterocycles. The standard InChI is InChI=1S/C6H9BrN2S/c1-6(2,8)4-5(7)9-3-10-4/h3H,8H2,1-2H3. The van der Waals surface area contributed by atoms with E-state index in [1.54, 1.807) is 16.8 Å². The molecule has 0 aliphatic heterocycles. The molecule has 0 aliphatic carbocycles. The first-order chi connectivity index (χ1) is 4.52. The number of nitrogens with zero attached hydrogens (tertiary/aromatic N) is 1. The number of thiazole rings is 1. The Morgan fingerprint density at radius 1 is 1.70 bits per heavy atom. The Morgan fingerprint density at radius 3 is 2.50 bits per heavy atom. The first kappa shape index (κ1) is 8.17. The molecule has 0 aromatic carbocycles. The van der Waals surface area contributed by atoms with Gasteiger partial charge in [-0.1, -0.05) is 0 Å². The SMILES string of the molecule is CC(C)(N)c1scnc1Br. The molecule has 0 unspecified atom stereocenters. The molecule has 2 nitrogen and oxygen atoms in total. The first-order valence-electron chi connectivity index (χ1n) is 2.90. The quantitative estimate of drug-likeness (QED) is 0.788. The van der Waals surface area contributed by atoms with Crippen LogP contribution in [0.5, 0.6) is 0 Å². The maximum atomic E-state index is 5.84. The number of nitrogens with two attached hydrogens (primary N) is 1. The largest absolute Gasteiger partial charge is 0.321 e. The second-order valence-corrected chi connectivity index (χ2v) is 4.30. The molecule has 0 radical (unpaired) electrons. The van der Waals surface area contributed by atoms with E-state index in [0.717, 1.165) is 9.48 Å². The lowest BCUT2D eigenvalue weighted by Crippen LogP contribution is -2.27. The highest BCUT2D eigenvalue weighted by Gasteiger charge is 2.19. The Balaban J connectivity index is 3.05. The van der Waals surface area contributed by atoms with E-state index in [9.17, 15) is 0 Å². The molecule has 2 N–H and O–H groups in total. The van der Waals surface area contributed by atoms with Gasteiger partial charge in [0.1, 0.15) is 4.60 Å². The Labute approximate surface area is 72.6 Å². The highest BCUT2D eigenvalue weighted by Crippen LogP contribution is 2.28.